The minimum absolute atomic E-state index is 0.186. The lowest BCUT2D eigenvalue weighted by Crippen LogP contribution is -2.46. The van der Waals surface area contributed by atoms with E-state index >= 15 is 0 Å². The van der Waals surface area contributed by atoms with E-state index in [1.54, 1.807) is 12.1 Å². The largest absolute Gasteiger partial charge is 0.368 e. The molecule has 114 valence electrons. The van der Waals surface area contributed by atoms with Gasteiger partial charge < -0.3 is 9.80 Å². The number of aryl methyl sites for hydroxylation is 1. The highest BCUT2D eigenvalue weighted by molar-refractivity contribution is 5.64. The lowest BCUT2D eigenvalue weighted by molar-refractivity contribution is -0.384. The van der Waals surface area contributed by atoms with Crippen molar-refractivity contribution in [3.8, 4) is 0 Å². The summed E-state index contributed by atoms with van der Waals surface area (Å²) in [6.07, 6.45) is 0. The van der Waals surface area contributed by atoms with Crippen LogP contribution in [0.25, 0.3) is 0 Å². The maximum atomic E-state index is 11.2. The lowest BCUT2D eigenvalue weighted by Gasteiger charge is -2.37. The van der Waals surface area contributed by atoms with Gasteiger partial charge in [0.2, 0.25) is 0 Å². The smallest absolute Gasteiger partial charge is 0.292 e. The summed E-state index contributed by atoms with van der Waals surface area (Å²) in [7, 11) is 0. The Balaban J connectivity index is 1.72. The second-order valence-electron chi connectivity index (χ2n) is 5.56. The Labute approximate surface area is 129 Å². The number of anilines is 2. The summed E-state index contributed by atoms with van der Waals surface area (Å²) in [5.41, 5.74) is 3.37. The molecular weight excluding hydrogens is 278 g/mol. The Morgan fingerprint density at radius 2 is 1.50 bits per heavy atom. The zero-order valence-corrected chi connectivity index (χ0v) is 12.6. The molecule has 0 amide bonds. The van der Waals surface area contributed by atoms with Gasteiger partial charge in [0.25, 0.3) is 5.69 Å². The van der Waals surface area contributed by atoms with Crippen LogP contribution >= 0.6 is 0 Å². The molecule has 5 heteroatoms. The molecule has 0 N–H and O–H groups in total. The molecule has 0 bridgehead atoms. The van der Waals surface area contributed by atoms with Crippen molar-refractivity contribution in [1.82, 2.24) is 0 Å². The third kappa shape index (κ3) is 2.88. The molecule has 1 heterocycles. The van der Waals surface area contributed by atoms with E-state index < -0.39 is 0 Å². The molecule has 2 aromatic carbocycles. The van der Waals surface area contributed by atoms with Gasteiger partial charge in [-0.05, 0) is 25.1 Å². The minimum atomic E-state index is -0.304. The predicted molar refractivity (Wildman–Crippen MR) is 88.7 cm³/mol. The number of hydrogen-bond donors (Lipinski definition) is 0. The molecule has 0 atom stereocenters. The minimum Gasteiger partial charge on any atom is -0.368 e. The number of nitro groups is 1. The van der Waals surface area contributed by atoms with Crippen molar-refractivity contribution in [2.75, 3.05) is 36.0 Å². The first-order chi connectivity index (χ1) is 10.6. The van der Waals surface area contributed by atoms with Gasteiger partial charge in [0.15, 0.2) is 0 Å². The fourth-order valence-corrected chi connectivity index (χ4v) is 2.85. The Morgan fingerprint density at radius 1 is 0.909 bits per heavy atom. The van der Waals surface area contributed by atoms with Gasteiger partial charge in [-0.15, -0.1) is 0 Å². The van der Waals surface area contributed by atoms with E-state index in [-0.39, 0.29) is 10.6 Å². The summed E-state index contributed by atoms with van der Waals surface area (Å²) >= 11 is 0. The van der Waals surface area contributed by atoms with Gasteiger partial charge in [-0.25, -0.2) is 0 Å². The van der Waals surface area contributed by atoms with Gasteiger partial charge in [-0.2, -0.15) is 0 Å². The van der Waals surface area contributed by atoms with Crippen molar-refractivity contribution in [3.63, 3.8) is 0 Å². The van der Waals surface area contributed by atoms with E-state index in [2.05, 4.69) is 41.0 Å². The molecule has 0 saturated carbocycles. The summed E-state index contributed by atoms with van der Waals surface area (Å²) in [5, 5.41) is 11.2. The normalized spacial score (nSPS) is 15.0. The molecule has 2 aromatic rings. The molecule has 1 saturated heterocycles. The van der Waals surface area contributed by atoms with Gasteiger partial charge in [-0.3, -0.25) is 10.1 Å². The summed E-state index contributed by atoms with van der Waals surface area (Å²) in [6, 6.07) is 15.5. The fourth-order valence-electron chi connectivity index (χ4n) is 2.85. The van der Waals surface area contributed by atoms with E-state index in [0.717, 1.165) is 31.9 Å². The molecule has 3 rings (SSSR count). The van der Waals surface area contributed by atoms with Gasteiger partial charge in [-0.1, -0.05) is 29.8 Å². The molecule has 1 fully saturated rings. The standard InChI is InChI=1S/C17H19N3O2/c1-14-6-8-15(9-7-14)18-10-12-19(13-11-18)16-4-2-3-5-17(16)20(21)22/h2-9H,10-13H2,1H3. The SMILES string of the molecule is Cc1ccc(N2CCN(c3ccccc3[N+](=O)[O-])CC2)cc1. The Morgan fingerprint density at radius 3 is 2.14 bits per heavy atom. The second kappa shape index (κ2) is 6.05. The zero-order chi connectivity index (χ0) is 15.5. The van der Waals surface area contributed by atoms with Crippen LogP contribution in [0, 0.1) is 17.0 Å². The molecule has 1 aliphatic rings. The third-order valence-corrected chi connectivity index (χ3v) is 4.10. The molecule has 1 aliphatic heterocycles. The van der Waals surface area contributed by atoms with Crippen LogP contribution in [0.1, 0.15) is 5.56 Å². The quantitative estimate of drug-likeness (QED) is 0.644. The van der Waals surface area contributed by atoms with E-state index in [9.17, 15) is 10.1 Å². The summed E-state index contributed by atoms with van der Waals surface area (Å²) in [6.45, 7) is 5.40. The first-order valence-electron chi connectivity index (χ1n) is 7.45. The van der Waals surface area contributed by atoms with Crippen molar-refractivity contribution in [1.29, 1.82) is 0 Å². The average Bonchev–Trinajstić information content (AvgIpc) is 2.56. The van der Waals surface area contributed by atoms with Crippen molar-refractivity contribution in [2.24, 2.45) is 0 Å². The number of nitro benzene ring substituents is 1. The maximum Gasteiger partial charge on any atom is 0.292 e. The summed E-state index contributed by atoms with van der Waals surface area (Å²) < 4.78 is 0. The highest BCUT2D eigenvalue weighted by Gasteiger charge is 2.23. The topological polar surface area (TPSA) is 49.6 Å². The monoisotopic (exact) mass is 297 g/mol. The van der Waals surface area contributed by atoms with Crippen molar-refractivity contribution >= 4 is 17.1 Å². The molecular formula is C17H19N3O2. The number of nitrogens with zero attached hydrogens (tertiary/aromatic N) is 3. The lowest BCUT2D eigenvalue weighted by atomic mass is 10.2. The third-order valence-electron chi connectivity index (χ3n) is 4.10. The number of rotatable bonds is 3. The van der Waals surface area contributed by atoms with Crippen LogP contribution in [0.2, 0.25) is 0 Å². The summed E-state index contributed by atoms with van der Waals surface area (Å²) in [4.78, 5) is 15.3. The van der Waals surface area contributed by atoms with Gasteiger partial charge in [0.05, 0.1) is 4.92 Å². The molecule has 22 heavy (non-hydrogen) atoms. The number of para-hydroxylation sites is 2. The molecule has 0 radical (unpaired) electrons. The molecule has 0 aliphatic carbocycles. The second-order valence-corrected chi connectivity index (χ2v) is 5.56. The highest BCUT2D eigenvalue weighted by atomic mass is 16.6. The Bertz CT molecular complexity index is 662. The fraction of sp³-hybridized carbons (Fsp3) is 0.294. The summed E-state index contributed by atoms with van der Waals surface area (Å²) in [5.74, 6) is 0. The molecule has 5 nitrogen and oxygen atoms in total. The van der Waals surface area contributed by atoms with E-state index in [1.165, 1.54) is 11.3 Å². The van der Waals surface area contributed by atoms with Gasteiger partial charge >= 0.3 is 0 Å². The van der Waals surface area contributed by atoms with Crippen LogP contribution in [0.4, 0.5) is 17.1 Å². The predicted octanol–water partition coefficient (Wildman–Crippen LogP) is 3.23. The maximum absolute atomic E-state index is 11.2. The molecule has 0 unspecified atom stereocenters. The van der Waals surface area contributed by atoms with Crippen molar-refractivity contribution in [2.45, 2.75) is 6.92 Å². The number of benzene rings is 2. The van der Waals surface area contributed by atoms with Crippen LogP contribution < -0.4 is 9.80 Å². The average molecular weight is 297 g/mol. The zero-order valence-electron chi connectivity index (χ0n) is 12.6. The molecule has 0 aromatic heterocycles. The van der Waals surface area contributed by atoms with Crippen LogP contribution in [0.15, 0.2) is 48.5 Å². The van der Waals surface area contributed by atoms with Crippen LogP contribution in [-0.2, 0) is 0 Å². The molecule has 0 spiro atoms. The van der Waals surface area contributed by atoms with E-state index in [0.29, 0.717) is 0 Å². The number of piperazine rings is 1. The van der Waals surface area contributed by atoms with Crippen LogP contribution in [-0.4, -0.2) is 31.1 Å². The van der Waals surface area contributed by atoms with Crippen molar-refractivity contribution in [3.05, 3.63) is 64.2 Å². The van der Waals surface area contributed by atoms with Crippen molar-refractivity contribution < 1.29 is 4.92 Å². The first kappa shape index (κ1) is 14.4. The van der Waals surface area contributed by atoms with E-state index in [4.69, 9.17) is 0 Å². The van der Waals surface area contributed by atoms with Gasteiger partial charge in [0, 0.05) is 37.9 Å². The first-order valence-corrected chi connectivity index (χ1v) is 7.45. The highest BCUT2D eigenvalue weighted by Crippen LogP contribution is 2.29. The van der Waals surface area contributed by atoms with Crippen LogP contribution in [0.5, 0.6) is 0 Å². The Hall–Kier alpha value is -2.56. The van der Waals surface area contributed by atoms with Crippen LogP contribution in [0.3, 0.4) is 0 Å². The number of hydrogen-bond acceptors (Lipinski definition) is 4. The van der Waals surface area contributed by atoms with E-state index in [1.807, 2.05) is 12.1 Å². The van der Waals surface area contributed by atoms with Gasteiger partial charge in [0.1, 0.15) is 5.69 Å². The Kier molecular flexibility index (Phi) is 3.96.